The lowest BCUT2D eigenvalue weighted by atomic mass is 9.46. The molecule has 29 heavy (non-hydrogen) atoms. The van der Waals surface area contributed by atoms with Crippen LogP contribution in [0.2, 0.25) is 0 Å². The Balaban J connectivity index is 1.50. The average molecular weight is 401 g/mol. The zero-order valence-corrected chi connectivity index (χ0v) is 18.5. The van der Waals surface area contributed by atoms with E-state index in [1.165, 1.54) is 5.57 Å². The second kappa shape index (κ2) is 6.50. The standard InChI is InChI=1S/C25H36O4/c1-5-6-22-28-21-14-20-18-8-7-16-13-17(27)9-11-23(16,3)19(18)10-12-24(20,4)25(21,29-22)15(2)26/h13,18-22H,5-12,14H2,1-4H3/t18-,19+,20+,21?,22?,23+,24+,25-/m1/s1. The van der Waals surface area contributed by atoms with Crippen LogP contribution in [0, 0.1) is 28.6 Å². The van der Waals surface area contributed by atoms with Crippen molar-refractivity contribution in [2.75, 3.05) is 0 Å². The molecule has 2 unspecified atom stereocenters. The van der Waals surface area contributed by atoms with Crippen LogP contribution in [0.4, 0.5) is 0 Å². The van der Waals surface area contributed by atoms with Crippen molar-refractivity contribution in [1.29, 1.82) is 0 Å². The van der Waals surface area contributed by atoms with Crippen molar-refractivity contribution in [2.24, 2.45) is 28.6 Å². The van der Waals surface area contributed by atoms with Crippen LogP contribution in [-0.2, 0) is 19.1 Å². The van der Waals surface area contributed by atoms with Gasteiger partial charge in [0.2, 0.25) is 0 Å². The van der Waals surface area contributed by atoms with Crippen LogP contribution >= 0.6 is 0 Å². The van der Waals surface area contributed by atoms with E-state index in [-0.39, 0.29) is 29.0 Å². The lowest BCUT2D eigenvalue weighted by Gasteiger charge is -2.59. The van der Waals surface area contributed by atoms with Gasteiger partial charge in [-0.2, -0.15) is 0 Å². The molecule has 5 aliphatic rings. The first-order valence-electron chi connectivity index (χ1n) is 11.8. The van der Waals surface area contributed by atoms with E-state index in [9.17, 15) is 9.59 Å². The van der Waals surface area contributed by atoms with E-state index in [1.54, 1.807) is 6.92 Å². The molecule has 4 aliphatic carbocycles. The van der Waals surface area contributed by atoms with Crippen molar-refractivity contribution < 1.29 is 19.1 Å². The Hall–Kier alpha value is -1.00. The van der Waals surface area contributed by atoms with Crippen molar-refractivity contribution >= 4 is 11.6 Å². The fourth-order valence-corrected chi connectivity index (χ4v) is 8.39. The molecule has 0 N–H and O–H groups in total. The van der Waals surface area contributed by atoms with E-state index in [2.05, 4.69) is 20.8 Å². The molecule has 0 amide bonds. The molecule has 0 radical (unpaired) electrons. The Kier molecular flexibility index (Phi) is 4.47. The van der Waals surface area contributed by atoms with Crippen LogP contribution in [0.25, 0.3) is 0 Å². The summed E-state index contributed by atoms with van der Waals surface area (Å²) in [6, 6.07) is 0. The Bertz CT molecular complexity index is 771. The van der Waals surface area contributed by atoms with Gasteiger partial charge in [-0.15, -0.1) is 0 Å². The van der Waals surface area contributed by atoms with Crippen molar-refractivity contribution in [3.63, 3.8) is 0 Å². The summed E-state index contributed by atoms with van der Waals surface area (Å²) in [5, 5.41) is 0. The second-order valence-electron chi connectivity index (χ2n) is 10.9. The lowest BCUT2D eigenvalue weighted by molar-refractivity contribution is -0.184. The molecule has 4 fully saturated rings. The smallest absolute Gasteiger partial charge is 0.164 e. The molecule has 0 spiro atoms. The van der Waals surface area contributed by atoms with Gasteiger partial charge < -0.3 is 9.47 Å². The maximum Gasteiger partial charge on any atom is 0.164 e. The van der Waals surface area contributed by atoms with Crippen molar-refractivity contribution in [2.45, 2.75) is 103 Å². The summed E-state index contributed by atoms with van der Waals surface area (Å²) in [6.45, 7) is 8.59. The van der Waals surface area contributed by atoms with Crippen molar-refractivity contribution in [3.8, 4) is 0 Å². The minimum atomic E-state index is -0.762. The van der Waals surface area contributed by atoms with Crippen LogP contribution in [-0.4, -0.2) is 29.6 Å². The first kappa shape index (κ1) is 19.9. The van der Waals surface area contributed by atoms with E-state index in [0.717, 1.165) is 51.4 Å². The Morgan fingerprint density at radius 3 is 2.69 bits per heavy atom. The topological polar surface area (TPSA) is 52.6 Å². The van der Waals surface area contributed by atoms with Gasteiger partial charge in [-0.05, 0) is 81.1 Å². The number of ketones is 2. The molecule has 0 aromatic carbocycles. The fourth-order valence-electron chi connectivity index (χ4n) is 8.39. The van der Waals surface area contributed by atoms with Crippen LogP contribution in [0.15, 0.2) is 11.6 Å². The molecule has 8 atom stereocenters. The molecule has 4 nitrogen and oxygen atoms in total. The number of ether oxygens (including phenoxy) is 2. The first-order chi connectivity index (χ1) is 13.8. The molecule has 4 heteroatoms. The van der Waals surface area contributed by atoms with Gasteiger partial charge in [-0.1, -0.05) is 32.8 Å². The Morgan fingerprint density at radius 2 is 1.97 bits per heavy atom. The number of rotatable bonds is 3. The highest BCUT2D eigenvalue weighted by Crippen LogP contribution is 2.70. The van der Waals surface area contributed by atoms with Crippen molar-refractivity contribution in [1.82, 2.24) is 0 Å². The minimum absolute atomic E-state index is 0.0945. The van der Waals surface area contributed by atoms with E-state index in [1.807, 2.05) is 6.08 Å². The third-order valence-corrected chi connectivity index (χ3v) is 9.80. The average Bonchev–Trinajstić information content (AvgIpc) is 3.15. The molecule has 5 rings (SSSR count). The highest BCUT2D eigenvalue weighted by molar-refractivity contribution is 5.91. The van der Waals surface area contributed by atoms with Gasteiger partial charge in [-0.3, -0.25) is 9.59 Å². The number of carbonyl (C=O) groups is 2. The van der Waals surface area contributed by atoms with Gasteiger partial charge in [-0.25, -0.2) is 0 Å². The summed E-state index contributed by atoms with van der Waals surface area (Å²) in [5.41, 5.74) is 0.650. The third-order valence-electron chi connectivity index (χ3n) is 9.80. The van der Waals surface area contributed by atoms with Gasteiger partial charge in [0.25, 0.3) is 0 Å². The van der Waals surface area contributed by atoms with Gasteiger partial charge >= 0.3 is 0 Å². The number of hydrogen-bond acceptors (Lipinski definition) is 4. The molecule has 160 valence electrons. The largest absolute Gasteiger partial charge is 0.346 e. The Labute approximate surface area is 174 Å². The molecule has 1 aliphatic heterocycles. The Morgan fingerprint density at radius 1 is 1.17 bits per heavy atom. The molecular weight excluding hydrogens is 364 g/mol. The normalized spacial score (nSPS) is 51.0. The first-order valence-corrected chi connectivity index (χ1v) is 11.8. The van der Waals surface area contributed by atoms with Crippen LogP contribution in [0.5, 0.6) is 0 Å². The van der Waals surface area contributed by atoms with Crippen molar-refractivity contribution in [3.05, 3.63) is 11.6 Å². The second-order valence-corrected chi connectivity index (χ2v) is 10.9. The highest BCUT2D eigenvalue weighted by Gasteiger charge is 2.73. The molecule has 0 aromatic heterocycles. The molecule has 1 saturated heterocycles. The van der Waals surface area contributed by atoms with Gasteiger partial charge in [0.1, 0.15) is 0 Å². The number of allylic oxidation sites excluding steroid dienone is 1. The lowest BCUT2D eigenvalue weighted by Crippen LogP contribution is -2.59. The van der Waals surface area contributed by atoms with Gasteiger partial charge in [0.15, 0.2) is 23.5 Å². The number of carbonyl (C=O) groups excluding carboxylic acids is 2. The molecular formula is C25H36O4. The predicted octanol–water partition coefficient (Wildman–Crippen LogP) is 5.00. The summed E-state index contributed by atoms with van der Waals surface area (Å²) < 4.78 is 12.9. The quantitative estimate of drug-likeness (QED) is 0.669. The van der Waals surface area contributed by atoms with E-state index in [0.29, 0.717) is 30.0 Å². The SMILES string of the molecule is CCCC1OC2C[C@H]3[C@@H]4CCC5=CC(=O)CC[C@]5(C)[C@H]4CC[C@]3(C)[C@]2(C(C)=O)O1. The summed E-state index contributed by atoms with van der Waals surface area (Å²) >= 11 is 0. The van der Waals surface area contributed by atoms with E-state index in [4.69, 9.17) is 9.47 Å². The number of Topliss-reactive ketones (excluding diaryl/α,β-unsaturated/α-hetero) is 1. The fraction of sp³-hybridized carbons (Fsp3) is 0.840. The monoisotopic (exact) mass is 400 g/mol. The van der Waals surface area contributed by atoms with Gasteiger partial charge in [0, 0.05) is 11.8 Å². The maximum absolute atomic E-state index is 13.1. The van der Waals surface area contributed by atoms with Gasteiger partial charge in [0.05, 0.1) is 6.10 Å². The molecule has 3 saturated carbocycles. The zero-order chi connectivity index (χ0) is 20.6. The summed E-state index contributed by atoms with van der Waals surface area (Å²) in [4.78, 5) is 25.1. The maximum atomic E-state index is 13.1. The third kappa shape index (κ3) is 2.45. The molecule has 0 bridgehead atoms. The molecule has 0 aromatic rings. The van der Waals surface area contributed by atoms with Crippen LogP contribution in [0.3, 0.4) is 0 Å². The number of hydrogen-bond donors (Lipinski definition) is 0. The van der Waals surface area contributed by atoms with E-state index < -0.39 is 5.60 Å². The highest BCUT2D eigenvalue weighted by atomic mass is 16.7. The van der Waals surface area contributed by atoms with Crippen LogP contribution in [0.1, 0.15) is 85.5 Å². The number of fused-ring (bicyclic) bond motifs is 7. The summed E-state index contributed by atoms with van der Waals surface area (Å²) in [7, 11) is 0. The van der Waals surface area contributed by atoms with E-state index >= 15 is 0 Å². The zero-order valence-electron chi connectivity index (χ0n) is 18.5. The minimum Gasteiger partial charge on any atom is -0.346 e. The molecule has 1 heterocycles. The summed E-state index contributed by atoms with van der Waals surface area (Å²) in [6.07, 6.45) is 10.5. The summed E-state index contributed by atoms with van der Waals surface area (Å²) in [5.74, 6) is 2.15. The predicted molar refractivity (Wildman–Crippen MR) is 110 cm³/mol. The van der Waals surface area contributed by atoms with Crippen LogP contribution < -0.4 is 0 Å².